The molecule has 0 spiro atoms. The SMILES string of the molecule is NC(=O)c1c[nH]c(=O)cc1C(F)(F)F. The van der Waals surface area contributed by atoms with Crippen LogP contribution in [0, 0.1) is 0 Å². The van der Waals surface area contributed by atoms with E-state index >= 15 is 0 Å². The number of amides is 1. The quantitative estimate of drug-likeness (QED) is 0.701. The van der Waals surface area contributed by atoms with Crippen molar-refractivity contribution in [1.82, 2.24) is 4.98 Å². The molecule has 1 rings (SSSR count). The van der Waals surface area contributed by atoms with Crippen LogP contribution in [-0.4, -0.2) is 10.9 Å². The molecule has 0 aliphatic rings. The number of H-pyrrole nitrogens is 1. The Morgan fingerprint density at radius 1 is 1.43 bits per heavy atom. The number of primary amides is 1. The van der Waals surface area contributed by atoms with Crippen molar-refractivity contribution in [2.45, 2.75) is 6.18 Å². The van der Waals surface area contributed by atoms with Crippen molar-refractivity contribution in [1.29, 1.82) is 0 Å². The number of hydrogen-bond acceptors (Lipinski definition) is 2. The predicted octanol–water partition coefficient (Wildman–Crippen LogP) is 0.493. The fourth-order valence-electron chi connectivity index (χ4n) is 0.910. The van der Waals surface area contributed by atoms with Crippen LogP contribution in [0.25, 0.3) is 0 Å². The summed E-state index contributed by atoms with van der Waals surface area (Å²) >= 11 is 0. The molecule has 0 bridgehead atoms. The van der Waals surface area contributed by atoms with Gasteiger partial charge in [0.25, 0.3) is 5.91 Å². The van der Waals surface area contributed by atoms with Crippen LogP contribution in [0.3, 0.4) is 0 Å². The Balaban J connectivity index is 3.45. The van der Waals surface area contributed by atoms with E-state index in [1.54, 1.807) is 0 Å². The van der Waals surface area contributed by atoms with Crippen LogP contribution in [-0.2, 0) is 6.18 Å². The molecule has 0 aliphatic heterocycles. The first-order valence-corrected chi connectivity index (χ1v) is 3.42. The zero-order valence-electron chi connectivity index (χ0n) is 6.68. The highest BCUT2D eigenvalue weighted by Gasteiger charge is 2.35. The second-order valence-corrected chi connectivity index (χ2v) is 2.49. The number of carbonyl (C=O) groups excluding carboxylic acids is 1. The van der Waals surface area contributed by atoms with E-state index in [9.17, 15) is 22.8 Å². The Hall–Kier alpha value is -1.79. The number of nitrogens with one attached hydrogen (secondary N) is 1. The Kier molecular flexibility index (Phi) is 2.33. The van der Waals surface area contributed by atoms with Crippen LogP contribution >= 0.6 is 0 Å². The van der Waals surface area contributed by atoms with Crippen LogP contribution < -0.4 is 11.3 Å². The van der Waals surface area contributed by atoms with E-state index in [1.807, 2.05) is 4.98 Å². The average molecular weight is 206 g/mol. The molecule has 1 amide bonds. The summed E-state index contributed by atoms with van der Waals surface area (Å²) in [5.41, 5.74) is 1.68. The lowest BCUT2D eigenvalue weighted by Gasteiger charge is -2.08. The van der Waals surface area contributed by atoms with E-state index in [0.717, 1.165) is 0 Å². The van der Waals surface area contributed by atoms with Gasteiger partial charge in [0.05, 0.1) is 11.1 Å². The Labute approximate surface area is 75.5 Å². The summed E-state index contributed by atoms with van der Waals surface area (Å²) < 4.78 is 36.7. The lowest BCUT2D eigenvalue weighted by Crippen LogP contribution is -2.22. The van der Waals surface area contributed by atoms with Gasteiger partial charge in [-0.15, -0.1) is 0 Å². The number of rotatable bonds is 1. The summed E-state index contributed by atoms with van der Waals surface area (Å²) in [5, 5.41) is 0. The van der Waals surface area contributed by atoms with Gasteiger partial charge in [-0.1, -0.05) is 0 Å². The number of halogens is 3. The van der Waals surface area contributed by atoms with Gasteiger partial charge in [0.1, 0.15) is 0 Å². The zero-order chi connectivity index (χ0) is 10.9. The van der Waals surface area contributed by atoms with E-state index < -0.39 is 28.8 Å². The van der Waals surface area contributed by atoms with Crippen molar-refractivity contribution in [2.75, 3.05) is 0 Å². The molecular formula is C7H5F3N2O2. The van der Waals surface area contributed by atoms with Gasteiger partial charge >= 0.3 is 6.18 Å². The molecule has 4 nitrogen and oxygen atoms in total. The van der Waals surface area contributed by atoms with E-state index in [0.29, 0.717) is 12.3 Å². The minimum atomic E-state index is -4.77. The lowest BCUT2D eigenvalue weighted by atomic mass is 10.1. The third-order valence-electron chi connectivity index (χ3n) is 1.50. The van der Waals surface area contributed by atoms with Crippen molar-refractivity contribution >= 4 is 5.91 Å². The van der Waals surface area contributed by atoms with Crippen molar-refractivity contribution < 1.29 is 18.0 Å². The molecule has 7 heteroatoms. The number of hydrogen-bond donors (Lipinski definition) is 2. The highest BCUT2D eigenvalue weighted by molar-refractivity contribution is 5.94. The maximum absolute atomic E-state index is 12.2. The first-order chi connectivity index (χ1) is 6.32. The fraction of sp³-hybridized carbons (Fsp3) is 0.143. The van der Waals surface area contributed by atoms with Crippen LogP contribution in [0.1, 0.15) is 15.9 Å². The average Bonchev–Trinajstić information content (AvgIpc) is 2.01. The molecule has 14 heavy (non-hydrogen) atoms. The molecule has 0 fully saturated rings. The molecule has 0 aliphatic carbocycles. The van der Waals surface area contributed by atoms with Crippen LogP contribution in [0.2, 0.25) is 0 Å². The summed E-state index contributed by atoms with van der Waals surface area (Å²) in [6.07, 6.45) is -4.12. The van der Waals surface area contributed by atoms with E-state index in [-0.39, 0.29) is 0 Å². The number of nitrogens with two attached hydrogens (primary N) is 1. The van der Waals surface area contributed by atoms with Crippen molar-refractivity contribution in [3.63, 3.8) is 0 Å². The van der Waals surface area contributed by atoms with Gasteiger partial charge in [0.15, 0.2) is 0 Å². The molecule has 0 unspecified atom stereocenters. The minimum absolute atomic E-state index is 0.292. The Morgan fingerprint density at radius 2 is 2.00 bits per heavy atom. The largest absolute Gasteiger partial charge is 0.417 e. The summed E-state index contributed by atoms with van der Waals surface area (Å²) in [5.74, 6) is -1.24. The number of pyridine rings is 1. The summed E-state index contributed by atoms with van der Waals surface area (Å²) in [7, 11) is 0. The maximum atomic E-state index is 12.2. The van der Waals surface area contributed by atoms with Crippen LogP contribution in [0.15, 0.2) is 17.1 Å². The summed E-state index contributed by atoms with van der Waals surface area (Å²) in [6.45, 7) is 0. The van der Waals surface area contributed by atoms with Crippen LogP contribution in [0.4, 0.5) is 13.2 Å². The lowest BCUT2D eigenvalue weighted by molar-refractivity contribution is -0.138. The first-order valence-electron chi connectivity index (χ1n) is 3.42. The molecule has 0 saturated heterocycles. The van der Waals surface area contributed by atoms with E-state index in [1.165, 1.54) is 0 Å². The minimum Gasteiger partial charge on any atom is -0.366 e. The number of alkyl halides is 3. The van der Waals surface area contributed by atoms with E-state index in [2.05, 4.69) is 0 Å². The fourth-order valence-corrected chi connectivity index (χ4v) is 0.910. The van der Waals surface area contributed by atoms with Gasteiger partial charge in [0.2, 0.25) is 5.56 Å². The van der Waals surface area contributed by atoms with Gasteiger partial charge in [-0.05, 0) is 0 Å². The number of carbonyl (C=O) groups is 1. The van der Waals surface area contributed by atoms with Gasteiger partial charge < -0.3 is 10.7 Å². The second-order valence-electron chi connectivity index (χ2n) is 2.49. The molecule has 1 aromatic rings. The molecule has 76 valence electrons. The molecule has 0 atom stereocenters. The normalized spacial score (nSPS) is 11.4. The maximum Gasteiger partial charge on any atom is 0.417 e. The summed E-state index contributed by atoms with van der Waals surface area (Å²) in [4.78, 5) is 23.1. The molecule has 0 saturated carbocycles. The third-order valence-corrected chi connectivity index (χ3v) is 1.50. The topological polar surface area (TPSA) is 76.0 Å². The number of aromatic nitrogens is 1. The zero-order valence-corrected chi connectivity index (χ0v) is 6.68. The van der Waals surface area contributed by atoms with Gasteiger partial charge in [-0.25, -0.2) is 0 Å². The highest BCUT2D eigenvalue weighted by Crippen LogP contribution is 2.30. The van der Waals surface area contributed by atoms with Crippen molar-refractivity contribution in [3.8, 4) is 0 Å². The van der Waals surface area contributed by atoms with Gasteiger partial charge in [0, 0.05) is 12.3 Å². The van der Waals surface area contributed by atoms with Crippen molar-refractivity contribution in [3.05, 3.63) is 33.7 Å². The van der Waals surface area contributed by atoms with Crippen LogP contribution in [0.5, 0.6) is 0 Å². The summed E-state index contributed by atoms with van der Waals surface area (Å²) in [6, 6.07) is 0.292. The molecular weight excluding hydrogens is 201 g/mol. The van der Waals surface area contributed by atoms with Crippen molar-refractivity contribution in [2.24, 2.45) is 5.73 Å². The second kappa shape index (κ2) is 3.17. The Morgan fingerprint density at radius 3 is 2.43 bits per heavy atom. The molecule has 1 heterocycles. The standard InChI is InChI=1S/C7H5F3N2O2/c8-7(9,10)4-1-5(13)12-2-3(4)6(11)14/h1-2H,(H2,11,14)(H,12,13). The molecule has 0 aromatic carbocycles. The Bertz CT molecular complexity index is 422. The third kappa shape index (κ3) is 1.93. The smallest absolute Gasteiger partial charge is 0.366 e. The highest BCUT2D eigenvalue weighted by atomic mass is 19.4. The molecule has 3 N–H and O–H groups in total. The predicted molar refractivity (Wildman–Crippen MR) is 40.6 cm³/mol. The molecule has 0 radical (unpaired) electrons. The van der Waals surface area contributed by atoms with Gasteiger partial charge in [-0.2, -0.15) is 13.2 Å². The first kappa shape index (κ1) is 10.3. The molecule has 1 aromatic heterocycles. The van der Waals surface area contributed by atoms with E-state index in [4.69, 9.17) is 5.73 Å². The number of aromatic amines is 1. The van der Waals surface area contributed by atoms with Gasteiger partial charge in [-0.3, -0.25) is 9.59 Å². The monoisotopic (exact) mass is 206 g/mol.